The zero-order valence-electron chi connectivity index (χ0n) is 14.6. The molecule has 2 rings (SSSR count). The van der Waals surface area contributed by atoms with Crippen LogP contribution in [0.3, 0.4) is 0 Å². The quantitative estimate of drug-likeness (QED) is 0.486. The van der Waals surface area contributed by atoms with Gasteiger partial charge in [0.25, 0.3) is 0 Å². The Balaban J connectivity index is 1.96. The van der Waals surface area contributed by atoms with E-state index < -0.39 is 43.2 Å². The van der Waals surface area contributed by atoms with Crippen LogP contribution in [0.5, 0.6) is 0 Å². The summed E-state index contributed by atoms with van der Waals surface area (Å²) in [5, 5.41) is 20.9. The fourth-order valence-corrected chi connectivity index (χ4v) is 2.94. The van der Waals surface area contributed by atoms with E-state index in [1.807, 2.05) is 0 Å². The molecule has 3 atom stereocenters. The first kappa shape index (κ1) is 20.9. The number of nitrogens with zero attached hydrogens (tertiary/aromatic N) is 1. The fourth-order valence-electron chi connectivity index (χ4n) is 2.94. The fraction of sp³-hybridized carbons (Fsp3) is 0.412. The van der Waals surface area contributed by atoms with Crippen molar-refractivity contribution in [3.05, 3.63) is 48.3 Å². The molecule has 1 aliphatic heterocycles. The predicted octanol–water partition coefficient (Wildman–Crippen LogP) is 1.19. The maximum Gasteiger partial charge on any atom is 0.453 e. The van der Waals surface area contributed by atoms with Gasteiger partial charge < -0.3 is 25.0 Å². The Kier molecular flexibility index (Phi) is 7.32. The number of alkyl carbamates (subject to hydrolysis) is 1. The number of carbonyl (C=O) groups excluding carboxylic acids is 2. The minimum atomic E-state index is -1.71. The highest BCUT2D eigenvalue weighted by Crippen LogP contribution is 2.22. The number of likely N-dealkylation sites (tertiary alicyclic amines) is 1. The number of hydrogen-bond acceptors (Lipinski definition) is 5. The Morgan fingerprint density at radius 3 is 2.67 bits per heavy atom. The maximum absolute atomic E-state index is 13.6. The third-order valence-corrected chi connectivity index (χ3v) is 4.24. The van der Waals surface area contributed by atoms with Crippen molar-refractivity contribution in [1.29, 1.82) is 0 Å². The number of alkyl halides is 1. The number of carbonyl (C=O) groups is 2. The van der Waals surface area contributed by atoms with E-state index in [1.54, 1.807) is 0 Å². The third-order valence-electron chi connectivity index (χ3n) is 4.24. The molecule has 146 valence electrons. The minimum Gasteiger partial charge on any atom is -0.447 e. The van der Waals surface area contributed by atoms with Crippen LogP contribution >= 0.6 is 0 Å². The second-order valence-electron chi connectivity index (χ2n) is 6.24. The first-order valence-electron chi connectivity index (χ1n) is 8.42. The number of ether oxygens (including phenoxy) is 1. The van der Waals surface area contributed by atoms with Crippen molar-refractivity contribution in [2.45, 2.75) is 31.0 Å². The van der Waals surface area contributed by atoms with Crippen LogP contribution in [0.2, 0.25) is 6.32 Å². The van der Waals surface area contributed by atoms with Crippen molar-refractivity contribution in [3.63, 3.8) is 0 Å². The van der Waals surface area contributed by atoms with Gasteiger partial charge in [0.2, 0.25) is 5.91 Å². The van der Waals surface area contributed by atoms with E-state index in [0.717, 1.165) is 6.08 Å². The monoisotopic (exact) mass is 382 g/mol. The van der Waals surface area contributed by atoms with Crippen LogP contribution in [-0.2, 0) is 9.53 Å². The van der Waals surface area contributed by atoms with Crippen molar-refractivity contribution in [3.8, 4) is 0 Å². The highest BCUT2D eigenvalue weighted by molar-refractivity contribution is 6.41. The van der Waals surface area contributed by atoms with Crippen LogP contribution in [0.4, 0.5) is 13.6 Å². The molecule has 0 bridgehead atoms. The number of halogens is 2. The van der Waals surface area contributed by atoms with Gasteiger partial charge in [-0.1, -0.05) is 18.7 Å². The van der Waals surface area contributed by atoms with Crippen LogP contribution in [-0.4, -0.2) is 59.4 Å². The highest BCUT2D eigenvalue weighted by atomic mass is 19.1. The average molecular weight is 382 g/mol. The molecule has 27 heavy (non-hydrogen) atoms. The largest absolute Gasteiger partial charge is 0.453 e. The van der Waals surface area contributed by atoms with Crippen LogP contribution in [0.25, 0.3) is 0 Å². The summed E-state index contributed by atoms with van der Waals surface area (Å²) in [4.78, 5) is 25.0. The van der Waals surface area contributed by atoms with Crippen molar-refractivity contribution in [1.82, 2.24) is 10.2 Å². The molecule has 7 nitrogen and oxygen atoms in total. The van der Waals surface area contributed by atoms with E-state index in [-0.39, 0.29) is 25.9 Å². The molecule has 2 amide bonds. The lowest BCUT2D eigenvalue weighted by molar-refractivity contribution is -0.127. The molecule has 1 aliphatic rings. The van der Waals surface area contributed by atoms with E-state index in [0.29, 0.717) is 5.56 Å². The van der Waals surface area contributed by atoms with E-state index in [2.05, 4.69) is 11.9 Å². The number of rotatable bonds is 7. The molecule has 3 N–H and O–H groups in total. The SMILES string of the molecule is C=CC(=O)N1C[C@@H](F)C[C@H]1COC(=O)N[C@H](CB(O)O)c1ccc(F)cc1. The zero-order valence-corrected chi connectivity index (χ0v) is 14.6. The maximum atomic E-state index is 13.6. The van der Waals surface area contributed by atoms with Crippen LogP contribution in [0.1, 0.15) is 18.0 Å². The molecule has 1 fully saturated rings. The second kappa shape index (κ2) is 9.47. The van der Waals surface area contributed by atoms with Crippen molar-refractivity contribution in [2.24, 2.45) is 0 Å². The number of hydrogen-bond donors (Lipinski definition) is 3. The summed E-state index contributed by atoms with van der Waals surface area (Å²) in [6, 6.07) is 3.72. The second-order valence-corrected chi connectivity index (χ2v) is 6.24. The Morgan fingerprint density at radius 2 is 2.07 bits per heavy atom. The molecule has 1 heterocycles. The summed E-state index contributed by atoms with van der Waals surface area (Å²) < 4.78 is 31.7. The third kappa shape index (κ3) is 6.04. The van der Waals surface area contributed by atoms with Gasteiger partial charge in [0.1, 0.15) is 18.6 Å². The Hall–Kier alpha value is -2.46. The molecule has 0 unspecified atom stereocenters. The van der Waals surface area contributed by atoms with Gasteiger partial charge in [0.15, 0.2) is 0 Å². The zero-order chi connectivity index (χ0) is 20.0. The van der Waals surface area contributed by atoms with Crippen LogP contribution in [0.15, 0.2) is 36.9 Å². The molecular formula is C17H21BF2N2O5. The Bertz CT molecular complexity index is 674. The average Bonchev–Trinajstić information content (AvgIpc) is 2.99. The van der Waals surface area contributed by atoms with Gasteiger partial charge in [0.05, 0.1) is 18.6 Å². The number of benzene rings is 1. The molecule has 1 saturated heterocycles. The summed E-state index contributed by atoms with van der Waals surface area (Å²) in [6.45, 7) is 3.05. The van der Waals surface area contributed by atoms with Crippen LogP contribution < -0.4 is 5.32 Å². The smallest absolute Gasteiger partial charge is 0.447 e. The Morgan fingerprint density at radius 1 is 1.41 bits per heavy atom. The molecule has 1 aromatic rings. The molecule has 10 heteroatoms. The van der Waals surface area contributed by atoms with E-state index >= 15 is 0 Å². The van der Waals surface area contributed by atoms with E-state index in [4.69, 9.17) is 4.74 Å². The lowest BCUT2D eigenvalue weighted by Crippen LogP contribution is -2.39. The van der Waals surface area contributed by atoms with Gasteiger partial charge in [-0.15, -0.1) is 0 Å². The standard InChI is InChI=1S/C17H21BF2N2O5/c1-2-16(23)22-9-13(20)7-14(22)10-27-17(24)21-15(8-18(25)26)11-3-5-12(19)6-4-11/h2-6,13-15,25-26H,1,7-10H2,(H,21,24)/t13-,14-,15+/m0/s1. The first-order chi connectivity index (χ1) is 12.8. The van der Waals surface area contributed by atoms with Gasteiger partial charge in [-0.25, -0.2) is 13.6 Å². The molecular weight excluding hydrogens is 361 g/mol. The van der Waals surface area contributed by atoms with Gasteiger partial charge in [-0.05, 0) is 23.8 Å². The summed E-state index contributed by atoms with van der Waals surface area (Å²) in [7, 11) is -1.71. The molecule has 0 aliphatic carbocycles. The summed E-state index contributed by atoms with van der Waals surface area (Å²) in [5.41, 5.74) is 0.453. The van der Waals surface area contributed by atoms with E-state index in [1.165, 1.54) is 29.2 Å². The van der Waals surface area contributed by atoms with Crippen molar-refractivity contribution >= 4 is 19.1 Å². The lowest BCUT2D eigenvalue weighted by Gasteiger charge is -2.24. The summed E-state index contributed by atoms with van der Waals surface area (Å²) in [5.74, 6) is -0.921. The normalized spacial score (nSPS) is 20.1. The van der Waals surface area contributed by atoms with Gasteiger partial charge in [-0.2, -0.15) is 0 Å². The minimum absolute atomic E-state index is 0.0452. The predicted molar refractivity (Wildman–Crippen MR) is 93.8 cm³/mol. The first-order valence-corrected chi connectivity index (χ1v) is 8.42. The van der Waals surface area contributed by atoms with E-state index in [9.17, 15) is 28.4 Å². The molecule has 0 saturated carbocycles. The molecule has 0 radical (unpaired) electrons. The summed E-state index contributed by atoms with van der Waals surface area (Å²) >= 11 is 0. The molecule has 1 aromatic carbocycles. The highest BCUT2D eigenvalue weighted by Gasteiger charge is 2.35. The Labute approximate surface area is 155 Å². The van der Waals surface area contributed by atoms with Gasteiger partial charge >= 0.3 is 13.2 Å². The van der Waals surface area contributed by atoms with Crippen LogP contribution in [0, 0.1) is 5.82 Å². The lowest BCUT2D eigenvalue weighted by atomic mass is 9.79. The molecule has 0 aromatic heterocycles. The van der Waals surface area contributed by atoms with Crippen molar-refractivity contribution in [2.75, 3.05) is 13.2 Å². The van der Waals surface area contributed by atoms with Crippen molar-refractivity contribution < 1.29 is 33.2 Å². The molecule has 0 spiro atoms. The summed E-state index contributed by atoms with van der Waals surface area (Å²) in [6.07, 6.45) is -1.21. The van der Waals surface area contributed by atoms with Gasteiger partial charge in [0, 0.05) is 12.7 Å². The topological polar surface area (TPSA) is 99.1 Å². The van der Waals surface area contributed by atoms with Gasteiger partial charge in [-0.3, -0.25) is 4.79 Å². The number of amides is 2. The number of nitrogens with one attached hydrogen (secondary N) is 1.